The molecule has 0 aromatic carbocycles. The van der Waals surface area contributed by atoms with Gasteiger partial charge in [-0.15, -0.1) is 11.3 Å². The number of methoxy groups -OCH3 is 2. The molecule has 0 spiro atoms. The van der Waals surface area contributed by atoms with Gasteiger partial charge in [0.2, 0.25) is 0 Å². The van der Waals surface area contributed by atoms with E-state index in [0.717, 1.165) is 24.8 Å². The smallest absolute Gasteiger partial charge is 0.186 e. The van der Waals surface area contributed by atoms with Gasteiger partial charge in [-0.25, -0.2) is 4.98 Å². The van der Waals surface area contributed by atoms with Crippen LogP contribution < -0.4 is 10.2 Å². The van der Waals surface area contributed by atoms with Crippen molar-refractivity contribution in [3.05, 3.63) is 10.6 Å². The van der Waals surface area contributed by atoms with E-state index < -0.39 is 0 Å². The van der Waals surface area contributed by atoms with Crippen LogP contribution in [0.4, 0.5) is 5.13 Å². The van der Waals surface area contributed by atoms with E-state index in [1.165, 1.54) is 10.6 Å². The number of rotatable bonds is 5. The van der Waals surface area contributed by atoms with Gasteiger partial charge in [-0.1, -0.05) is 20.8 Å². The van der Waals surface area contributed by atoms with Gasteiger partial charge in [-0.2, -0.15) is 0 Å². The summed E-state index contributed by atoms with van der Waals surface area (Å²) in [6.07, 6.45) is 0.231. The van der Waals surface area contributed by atoms with E-state index in [1.807, 2.05) is 7.05 Å². The van der Waals surface area contributed by atoms with E-state index in [-0.39, 0.29) is 17.6 Å². The molecule has 21 heavy (non-hydrogen) atoms. The van der Waals surface area contributed by atoms with Crippen LogP contribution in [0.2, 0.25) is 0 Å². The lowest BCUT2D eigenvalue weighted by atomic mass is 9.91. The highest BCUT2D eigenvalue weighted by Crippen LogP contribution is 2.35. The number of aromatic nitrogens is 1. The molecule has 0 saturated carbocycles. The average molecular weight is 313 g/mol. The van der Waals surface area contributed by atoms with Crippen molar-refractivity contribution in [2.75, 3.05) is 39.3 Å². The monoisotopic (exact) mass is 313 g/mol. The van der Waals surface area contributed by atoms with Crippen LogP contribution in [0, 0.1) is 0 Å². The maximum absolute atomic E-state index is 5.52. The van der Waals surface area contributed by atoms with Crippen LogP contribution in [0.15, 0.2) is 0 Å². The lowest BCUT2D eigenvalue weighted by molar-refractivity contribution is -0.00461. The van der Waals surface area contributed by atoms with Crippen LogP contribution in [-0.2, 0) is 21.4 Å². The highest BCUT2D eigenvalue weighted by atomic mass is 32.1. The number of hydrogen-bond donors (Lipinski definition) is 1. The highest BCUT2D eigenvalue weighted by Gasteiger charge is 2.35. The predicted molar refractivity (Wildman–Crippen MR) is 87.4 cm³/mol. The van der Waals surface area contributed by atoms with Crippen LogP contribution >= 0.6 is 11.3 Å². The standard InChI is InChI=1S/C15H27N3O2S/c1-15(2,3)13-12(7-16-4)21-14(17-13)18-8-10(19-5)11(9-18)20-6/h10-11,16H,7-9H2,1-6H3. The number of ether oxygens (including phenoxy) is 2. The molecule has 2 atom stereocenters. The lowest BCUT2D eigenvalue weighted by Crippen LogP contribution is -2.27. The van der Waals surface area contributed by atoms with Crippen LogP contribution in [0.3, 0.4) is 0 Å². The van der Waals surface area contributed by atoms with Crippen molar-refractivity contribution in [1.29, 1.82) is 0 Å². The van der Waals surface area contributed by atoms with Crippen LogP contribution in [0.5, 0.6) is 0 Å². The van der Waals surface area contributed by atoms with Gasteiger partial charge >= 0.3 is 0 Å². The Morgan fingerprint density at radius 3 is 2.24 bits per heavy atom. The minimum atomic E-state index is 0.0575. The molecule has 5 nitrogen and oxygen atoms in total. The second-order valence-corrected chi connectivity index (χ2v) is 7.56. The second kappa shape index (κ2) is 6.60. The molecule has 1 N–H and O–H groups in total. The fraction of sp³-hybridized carbons (Fsp3) is 0.800. The van der Waals surface area contributed by atoms with Crippen molar-refractivity contribution in [2.24, 2.45) is 0 Å². The molecule has 1 aromatic heterocycles. The van der Waals surface area contributed by atoms with Crippen molar-refractivity contribution in [3.63, 3.8) is 0 Å². The molecular weight excluding hydrogens is 286 g/mol. The van der Waals surface area contributed by atoms with E-state index in [9.17, 15) is 0 Å². The molecule has 0 bridgehead atoms. The molecule has 0 aliphatic carbocycles. The van der Waals surface area contributed by atoms with Crippen molar-refractivity contribution in [1.82, 2.24) is 10.3 Å². The summed E-state index contributed by atoms with van der Waals surface area (Å²) in [6.45, 7) is 9.18. The summed E-state index contributed by atoms with van der Waals surface area (Å²) in [7, 11) is 5.47. The molecular formula is C15H27N3O2S. The van der Waals surface area contributed by atoms with Crippen LogP contribution in [-0.4, -0.2) is 51.5 Å². The molecule has 120 valence electrons. The Hall–Kier alpha value is -0.690. The Kier molecular flexibility index (Phi) is 5.24. The van der Waals surface area contributed by atoms with E-state index in [0.29, 0.717) is 0 Å². The second-order valence-electron chi connectivity index (χ2n) is 6.50. The van der Waals surface area contributed by atoms with Gasteiger partial charge in [-0.3, -0.25) is 0 Å². The van der Waals surface area contributed by atoms with Crippen LogP contribution in [0.25, 0.3) is 0 Å². The highest BCUT2D eigenvalue weighted by molar-refractivity contribution is 7.15. The quantitative estimate of drug-likeness (QED) is 0.901. The van der Waals surface area contributed by atoms with Gasteiger partial charge in [0.15, 0.2) is 5.13 Å². The number of hydrogen-bond acceptors (Lipinski definition) is 6. The Morgan fingerprint density at radius 1 is 1.24 bits per heavy atom. The third kappa shape index (κ3) is 3.56. The minimum Gasteiger partial charge on any atom is -0.377 e. The summed E-state index contributed by atoms with van der Waals surface area (Å²) >= 11 is 1.77. The third-order valence-electron chi connectivity index (χ3n) is 3.83. The third-order valence-corrected chi connectivity index (χ3v) is 4.94. The summed E-state index contributed by atoms with van der Waals surface area (Å²) < 4.78 is 11.0. The number of nitrogens with one attached hydrogen (secondary N) is 1. The average Bonchev–Trinajstić information content (AvgIpc) is 3.01. The normalized spacial score (nSPS) is 23.0. The van der Waals surface area contributed by atoms with Crippen molar-refractivity contribution < 1.29 is 9.47 Å². The predicted octanol–water partition coefficient (Wildman–Crippen LogP) is 2.01. The fourth-order valence-corrected chi connectivity index (χ4v) is 3.99. The maximum atomic E-state index is 5.52. The molecule has 2 rings (SSSR count). The van der Waals surface area contributed by atoms with E-state index in [1.54, 1.807) is 25.6 Å². The van der Waals surface area contributed by atoms with Gasteiger partial charge in [-0.05, 0) is 7.05 Å². The molecule has 1 aromatic rings. The Bertz CT molecular complexity index is 458. The first-order valence-electron chi connectivity index (χ1n) is 7.36. The summed E-state index contributed by atoms with van der Waals surface area (Å²) in [5.74, 6) is 0. The summed E-state index contributed by atoms with van der Waals surface area (Å²) in [5, 5.41) is 4.32. The molecule has 6 heteroatoms. The first-order valence-corrected chi connectivity index (χ1v) is 8.17. The number of nitrogens with zero attached hydrogens (tertiary/aromatic N) is 2. The molecule has 1 fully saturated rings. The molecule has 2 heterocycles. The number of anilines is 1. The molecule has 1 aliphatic heterocycles. The Morgan fingerprint density at radius 2 is 1.81 bits per heavy atom. The van der Waals surface area contributed by atoms with E-state index in [2.05, 4.69) is 31.0 Å². The first kappa shape index (κ1) is 16.7. The molecule has 0 radical (unpaired) electrons. The van der Waals surface area contributed by atoms with Gasteiger partial charge in [0, 0.05) is 44.1 Å². The molecule has 0 amide bonds. The van der Waals surface area contributed by atoms with Gasteiger partial charge < -0.3 is 19.7 Å². The fourth-order valence-electron chi connectivity index (χ4n) is 2.69. The van der Waals surface area contributed by atoms with Gasteiger partial charge in [0.1, 0.15) is 12.2 Å². The molecule has 1 saturated heterocycles. The zero-order chi connectivity index (χ0) is 15.6. The SMILES string of the molecule is CNCc1sc(N2CC(OC)C(OC)C2)nc1C(C)(C)C. The lowest BCUT2D eigenvalue weighted by Gasteiger charge is -2.18. The number of thiazole rings is 1. The zero-order valence-corrected chi connectivity index (χ0v) is 14.7. The Balaban J connectivity index is 2.25. The minimum absolute atomic E-state index is 0.0575. The largest absolute Gasteiger partial charge is 0.377 e. The molecule has 1 aliphatic rings. The molecule has 2 unspecified atom stereocenters. The summed E-state index contributed by atoms with van der Waals surface area (Å²) in [6, 6.07) is 0. The Labute approximate surface area is 131 Å². The van der Waals surface area contributed by atoms with E-state index in [4.69, 9.17) is 14.5 Å². The maximum Gasteiger partial charge on any atom is 0.186 e. The zero-order valence-electron chi connectivity index (χ0n) is 13.9. The first-order chi connectivity index (χ1) is 9.90. The van der Waals surface area contributed by atoms with Gasteiger partial charge in [0.05, 0.1) is 5.69 Å². The van der Waals surface area contributed by atoms with Crippen molar-refractivity contribution >= 4 is 16.5 Å². The summed E-state index contributed by atoms with van der Waals surface area (Å²) in [5.41, 5.74) is 1.24. The van der Waals surface area contributed by atoms with Gasteiger partial charge in [0.25, 0.3) is 0 Å². The summed E-state index contributed by atoms with van der Waals surface area (Å²) in [4.78, 5) is 8.51. The van der Waals surface area contributed by atoms with Crippen molar-refractivity contribution in [3.8, 4) is 0 Å². The van der Waals surface area contributed by atoms with E-state index >= 15 is 0 Å². The topological polar surface area (TPSA) is 46.6 Å². The van der Waals surface area contributed by atoms with Crippen LogP contribution in [0.1, 0.15) is 31.3 Å². The van der Waals surface area contributed by atoms with Crippen molar-refractivity contribution in [2.45, 2.75) is 44.9 Å².